The number of para-hydroxylation sites is 2. The summed E-state index contributed by atoms with van der Waals surface area (Å²) in [6.07, 6.45) is 3.64. The smallest absolute Gasteiger partial charge is 0.223 e. The Morgan fingerprint density at radius 3 is 3.00 bits per heavy atom. The number of aromatic nitrogens is 2. The number of nitrogens with zero attached hydrogens (tertiary/aromatic N) is 2. The molecule has 1 aromatic carbocycles. The van der Waals surface area contributed by atoms with E-state index in [9.17, 15) is 4.79 Å². The van der Waals surface area contributed by atoms with E-state index in [0.717, 1.165) is 49.1 Å². The first kappa shape index (κ1) is 15.0. The van der Waals surface area contributed by atoms with Crippen LogP contribution < -0.4 is 11.1 Å². The fourth-order valence-corrected chi connectivity index (χ4v) is 3.33. The first-order chi connectivity index (χ1) is 10.6. The highest BCUT2D eigenvalue weighted by Crippen LogP contribution is 2.24. The van der Waals surface area contributed by atoms with Gasteiger partial charge in [0.15, 0.2) is 0 Å². The van der Waals surface area contributed by atoms with Gasteiger partial charge in [-0.1, -0.05) is 12.1 Å². The van der Waals surface area contributed by atoms with Crippen molar-refractivity contribution < 1.29 is 4.79 Å². The topological polar surface area (TPSA) is 72.9 Å². The van der Waals surface area contributed by atoms with E-state index < -0.39 is 0 Å². The zero-order valence-corrected chi connectivity index (χ0v) is 13.1. The summed E-state index contributed by atoms with van der Waals surface area (Å²) >= 11 is 0. The molecule has 1 aromatic heterocycles. The van der Waals surface area contributed by atoms with Crippen LogP contribution in [0.5, 0.6) is 0 Å². The van der Waals surface area contributed by atoms with E-state index in [0.29, 0.717) is 6.54 Å². The zero-order chi connectivity index (χ0) is 15.5. The van der Waals surface area contributed by atoms with Gasteiger partial charge >= 0.3 is 0 Å². The number of imidazole rings is 1. The number of rotatable bonds is 5. The molecule has 0 radical (unpaired) electrons. The van der Waals surface area contributed by atoms with Crippen LogP contribution in [-0.2, 0) is 11.3 Å². The van der Waals surface area contributed by atoms with E-state index >= 15 is 0 Å². The number of nitrogens with one attached hydrogen (secondary N) is 1. The van der Waals surface area contributed by atoms with Crippen molar-refractivity contribution in [2.45, 2.75) is 45.2 Å². The van der Waals surface area contributed by atoms with Crippen LogP contribution in [0.1, 0.15) is 31.5 Å². The Morgan fingerprint density at radius 1 is 1.41 bits per heavy atom. The zero-order valence-electron chi connectivity index (χ0n) is 13.1. The average molecular weight is 300 g/mol. The second-order valence-electron chi connectivity index (χ2n) is 6.21. The number of benzene rings is 1. The van der Waals surface area contributed by atoms with Gasteiger partial charge in [-0.3, -0.25) is 4.79 Å². The van der Waals surface area contributed by atoms with E-state index in [-0.39, 0.29) is 17.9 Å². The molecule has 5 nitrogen and oxygen atoms in total. The molecule has 3 N–H and O–H groups in total. The van der Waals surface area contributed by atoms with Crippen LogP contribution >= 0.6 is 0 Å². The lowest BCUT2D eigenvalue weighted by Crippen LogP contribution is -2.31. The van der Waals surface area contributed by atoms with Crippen molar-refractivity contribution in [3.8, 4) is 0 Å². The third-order valence-corrected chi connectivity index (χ3v) is 4.55. The van der Waals surface area contributed by atoms with Gasteiger partial charge in [0.05, 0.1) is 11.0 Å². The van der Waals surface area contributed by atoms with Gasteiger partial charge in [-0.25, -0.2) is 4.98 Å². The van der Waals surface area contributed by atoms with E-state index in [2.05, 4.69) is 20.9 Å². The van der Waals surface area contributed by atoms with Crippen molar-refractivity contribution in [3.05, 3.63) is 30.1 Å². The molecular formula is C17H24N4O. The van der Waals surface area contributed by atoms with Gasteiger partial charge in [0.25, 0.3) is 0 Å². The summed E-state index contributed by atoms with van der Waals surface area (Å²) in [7, 11) is 0. The van der Waals surface area contributed by atoms with E-state index in [1.165, 1.54) is 0 Å². The molecule has 0 aliphatic heterocycles. The third kappa shape index (κ3) is 3.14. The maximum atomic E-state index is 12.0. The maximum Gasteiger partial charge on any atom is 0.223 e. The Balaban J connectivity index is 1.50. The first-order valence-electron chi connectivity index (χ1n) is 8.10. The molecule has 1 aliphatic carbocycles. The molecule has 22 heavy (non-hydrogen) atoms. The molecule has 0 bridgehead atoms. The summed E-state index contributed by atoms with van der Waals surface area (Å²) in [5.41, 5.74) is 8.05. The van der Waals surface area contributed by atoms with Crippen LogP contribution in [0.2, 0.25) is 0 Å². The van der Waals surface area contributed by atoms with Crippen LogP contribution in [0.15, 0.2) is 24.3 Å². The van der Waals surface area contributed by atoms with Gasteiger partial charge in [-0.05, 0) is 44.7 Å². The summed E-state index contributed by atoms with van der Waals surface area (Å²) in [6.45, 7) is 3.60. The second-order valence-corrected chi connectivity index (χ2v) is 6.21. The molecule has 1 amide bonds. The number of aryl methyl sites for hydroxylation is 2. The average Bonchev–Trinajstić information content (AvgIpc) is 3.07. The van der Waals surface area contributed by atoms with E-state index in [1.807, 2.05) is 25.1 Å². The fourth-order valence-electron chi connectivity index (χ4n) is 3.33. The number of carbonyl (C=O) groups excluding carboxylic acids is 1. The van der Waals surface area contributed by atoms with Crippen molar-refractivity contribution in [1.29, 1.82) is 0 Å². The number of carbonyl (C=O) groups is 1. The molecular weight excluding hydrogens is 276 g/mol. The number of hydrogen-bond acceptors (Lipinski definition) is 3. The predicted molar refractivity (Wildman–Crippen MR) is 87.4 cm³/mol. The van der Waals surface area contributed by atoms with Crippen LogP contribution in [-0.4, -0.2) is 28.0 Å². The summed E-state index contributed by atoms with van der Waals surface area (Å²) in [4.78, 5) is 16.6. The van der Waals surface area contributed by atoms with Gasteiger partial charge in [-0.15, -0.1) is 0 Å². The Bertz CT molecular complexity index is 664. The summed E-state index contributed by atoms with van der Waals surface area (Å²) in [6, 6.07) is 8.37. The Kier molecular flexibility index (Phi) is 4.43. The molecule has 5 heteroatoms. The van der Waals surface area contributed by atoms with Crippen LogP contribution in [0, 0.1) is 12.8 Å². The van der Waals surface area contributed by atoms with Crippen molar-refractivity contribution >= 4 is 16.9 Å². The Hall–Kier alpha value is -1.88. The first-order valence-corrected chi connectivity index (χ1v) is 8.10. The lowest BCUT2D eigenvalue weighted by atomic mass is 10.1. The van der Waals surface area contributed by atoms with Crippen LogP contribution in [0.3, 0.4) is 0 Å². The number of nitrogens with two attached hydrogens (primary N) is 1. The van der Waals surface area contributed by atoms with Crippen molar-refractivity contribution in [1.82, 2.24) is 14.9 Å². The van der Waals surface area contributed by atoms with Crippen LogP contribution in [0.4, 0.5) is 0 Å². The molecule has 3 rings (SSSR count). The van der Waals surface area contributed by atoms with Gasteiger partial charge in [0.1, 0.15) is 5.82 Å². The highest BCUT2D eigenvalue weighted by Gasteiger charge is 2.27. The second kappa shape index (κ2) is 6.48. The SMILES string of the molecule is Cc1nc2ccccc2n1CCCNC(=O)C1CCC(N)C1. The minimum atomic E-state index is 0.116. The molecule has 2 unspecified atom stereocenters. The fraction of sp³-hybridized carbons (Fsp3) is 0.529. The summed E-state index contributed by atoms with van der Waals surface area (Å²) < 4.78 is 2.22. The molecule has 0 saturated heterocycles. The Morgan fingerprint density at radius 2 is 2.23 bits per heavy atom. The lowest BCUT2D eigenvalue weighted by Gasteiger charge is -2.11. The molecule has 1 saturated carbocycles. The molecule has 1 heterocycles. The molecule has 1 aliphatic rings. The van der Waals surface area contributed by atoms with Crippen molar-refractivity contribution in [2.24, 2.45) is 11.7 Å². The van der Waals surface area contributed by atoms with Gasteiger partial charge in [0, 0.05) is 25.0 Å². The Labute approximate surface area is 130 Å². The number of amides is 1. The molecule has 2 atom stereocenters. The van der Waals surface area contributed by atoms with Crippen molar-refractivity contribution in [3.63, 3.8) is 0 Å². The minimum Gasteiger partial charge on any atom is -0.356 e. The van der Waals surface area contributed by atoms with E-state index in [1.54, 1.807) is 0 Å². The predicted octanol–water partition coefficient (Wildman–Crippen LogP) is 1.98. The number of fused-ring (bicyclic) bond motifs is 1. The molecule has 118 valence electrons. The van der Waals surface area contributed by atoms with Crippen LogP contribution in [0.25, 0.3) is 11.0 Å². The number of hydrogen-bond donors (Lipinski definition) is 2. The normalized spacial score (nSPS) is 21.4. The lowest BCUT2D eigenvalue weighted by molar-refractivity contribution is -0.124. The van der Waals surface area contributed by atoms with Gasteiger partial charge in [0.2, 0.25) is 5.91 Å². The monoisotopic (exact) mass is 300 g/mol. The van der Waals surface area contributed by atoms with Gasteiger partial charge < -0.3 is 15.6 Å². The third-order valence-electron chi connectivity index (χ3n) is 4.55. The standard InChI is InChI=1S/C17H24N4O/c1-12-20-15-5-2-3-6-16(15)21(12)10-4-9-19-17(22)13-7-8-14(18)11-13/h2-3,5-6,13-14H,4,7-11,18H2,1H3,(H,19,22). The molecule has 2 aromatic rings. The highest BCUT2D eigenvalue weighted by atomic mass is 16.1. The maximum absolute atomic E-state index is 12.0. The van der Waals surface area contributed by atoms with E-state index in [4.69, 9.17) is 5.73 Å². The van der Waals surface area contributed by atoms with Gasteiger partial charge in [-0.2, -0.15) is 0 Å². The summed E-state index contributed by atoms with van der Waals surface area (Å²) in [5, 5.41) is 3.05. The largest absolute Gasteiger partial charge is 0.356 e. The highest BCUT2D eigenvalue weighted by molar-refractivity contribution is 5.79. The van der Waals surface area contributed by atoms with Crippen molar-refractivity contribution in [2.75, 3.05) is 6.54 Å². The molecule has 1 fully saturated rings. The summed E-state index contributed by atoms with van der Waals surface area (Å²) in [5.74, 6) is 1.31. The molecule has 0 spiro atoms. The quantitative estimate of drug-likeness (QED) is 0.829. The minimum absolute atomic E-state index is 0.116.